The second kappa shape index (κ2) is 15.3. The number of hydrogen-bond acceptors (Lipinski definition) is 10. The fourth-order valence-electron chi connectivity index (χ4n) is 4.83. The minimum absolute atomic E-state index is 0.0328. The van der Waals surface area contributed by atoms with Gasteiger partial charge in [-0.1, -0.05) is 17.7 Å². The summed E-state index contributed by atoms with van der Waals surface area (Å²) in [4.78, 5) is 48.9. The van der Waals surface area contributed by atoms with Crippen molar-refractivity contribution < 1.29 is 73.6 Å². The number of aromatic nitrogens is 4. The molecule has 1 aliphatic rings. The fraction of sp³-hybridized carbons (Fsp3) is 0.433. The minimum atomic E-state index is -6.41. The number of carbonyl (C=O) groups is 4. The third-order valence-electron chi connectivity index (χ3n) is 7.63. The largest absolute Gasteiger partial charge is 0.510 e. The van der Waals surface area contributed by atoms with Crippen molar-refractivity contribution in [3.8, 4) is 23.0 Å². The van der Waals surface area contributed by atoms with Crippen LogP contribution < -0.4 is 0 Å². The standard InChI is InChI=1S/C30H25ClF8N6O8/c1-43-24(22(29(34,35)36)23(42-43)28(32,33)30(37,38)39)45-13-17(12-41-45)16-5-6-19(31)18(11-16)25(49)44(27(14-40)7-8-27)15-53-26(50)52-10-9-51-21(48)4-2-3-20(46)47/h5-6,11-13H,2-4,7-10,15H2,1H3,(H,46,47). The molecule has 0 spiro atoms. The highest BCUT2D eigenvalue weighted by molar-refractivity contribution is 6.34. The first-order chi connectivity index (χ1) is 24.6. The van der Waals surface area contributed by atoms with E-state index in [2.05, 4.69) is 10.2 Å². The van der Waals surface area contributed by atoms with Crippen molar-refractivity contribution in [2.75, 3.05) is 19.9 Å². The van der Waals surface area contributed by atoms with E-state index in [0.29, 0.717) is 11.7 Å². The van der Waals surface area contributed by atoms with E-state index in [1.54, 1.807) is 0 Å². The maximum absolute atomic E-state index is 14.2. The predicted molar refractivity (Wildman–Crippen MR) is 159 cm³/mol. The van der Waals surface area contributed by atoms with E-state index in [1.807, 2.05) is 6.07 Å². The van der Waals surface area contributed by atoms with Gasteiger partial charge in [-0.3, -0.25) is 19.3 Å². The lowest BCUT2D eigenvalue weighted by atomic mass is 10.0. The number of halogens is 9. The van der Waals surface area contributed by atoms with Crippen LogP contribution in [-0.4, -0.2) is 85.2 Å². The monoisotopic (exact) mass is 784 g/mol. The molecule has 0 atom stereocenters. The Morgan fingerprint density at radius 2 is 1.68 bits per heavy atom. The summed E-state index contributed by atoms with van der Waals surface area (Å²) in [5.41, 5.74) is -6.73. The van der Waals surface area contributed by atoms with Crippen molar-refractivity contribution in [1.82, 2.24) is 24.5 Å². The number of carboxylic acids is 1. The lowest BCUT2D eigenvalue weighted by Crippen LogP contribution is -2.43. The van der Waals surface area contributed by atoms with Crippen LogP contribution in [0.5, 0.6) is 0 Å². The van der Waals surface area contributed by atoms with Crippen LogP contribution in [-0.2, 0) is 42.9 Å². The molecule has 0 saturated heterocycles. The van der Waals surface area contributed by atoms with Gasteiger partial charge in [0.2, 0.25) is 0 Å². The first-order valence-electron chi connectivity index (χ1n) is 15.0. The maximum atomic E-state index is 14.2. The molecule has 2 heterocycles. The number of alkyl halides is 8. The highest BCUT2D eigenvalue weighted by Gasteiger charge is 2.64. The number of benzene rings is 1. The molecule has 53 heavy (non-hydrogen) atoms. The summed E-state index contributed by atoms with van der Waals surface area (Å²) in [6, 6.07) is 5.55. The summed E-state index contributed by atoms with van der Waals surface area (Å²) in [6.07, 6.45) is -11.8. The van der Waals surface area contributed by atoms with Crippen LogP contribution in [0.25, 0.3) is 16.9 Å². The molecule has 1 saturated carbocycles. The first kappa shape index (κ1) is 40.3. The van der Waals surface area contributed by atoms with Gasteiger partial charge in [0.1, 0.15) is 24.3 Å². The summed E-state index contributed by atoms with van der Waals surface area (Å²) >= 11 is 6.28. The number of nitrogens with zero attached hydrogens (tertiary/aromatic N) is 6. The summed E-state index contributed by atoms with van der Waals surface area (Å²) in [6.45, 7) is -1.70. The molecule has 0 aliphatic heterocycles. The van der Waals surface area contributed by atoms with Gasteiger partial charge in [0.25, 0.3) is 5.91 Å². The van der Waals surface area contributed by atoms with E-state index in [9.17, 15) is 59.6 Å². The number of aliphatic carboxylic acids is 1. The minimum Gasteiger partial charge on any atom is -0.481 e. The SMILES string of the molecule is Cn1nc(C(F)(F)C(F)(F)F)c(C(F)(F)F)c1-n1cc(-c2ccc(Cl)c(C(=O)N(COC(=O)OCCOC(=O)CCCC(=O)O)C3(C#N)CC3)c2)cn1. The third-order valence-corrected chi connectivity index (χ3v) is 7.96. The first-order valence-corrected chi connectivity index (χ1v) is 15.3. The third kappa shape index (κ3) is 8.95. The molecule has 0 bridgehead atoms. The Morgan fingerprint density at radius 1 is 1.02 bits per heavy atom. The number of amides is 1. The van der Waals surface area contributed by atoms with Gasteiger partial charge in [0.05, 0.1) is 22.9 Å². The van der Waals surface area contributed by atoms with E-state index >= 15 is 0 Å². The van der Waals surface area contributed by atoms with Gasteiger partial charge in [-0.05, 0) is 37.0 Å². The van der Waals surface area contributed by atoms with Crippen molar-refractivity contribution in [3.05, 3.63) is 52.4 Å². The molecule has 286 valence electrons. The number of hydrogen-bond donors (Lipinski definition) is 1. The molecule has 1 amide bonds. The Morgan fingerprint density at radius 3 is 2.26 bits per heavy atom. The molecule has 1 aromatic carbocycles. The number of aryl methyl sites for hydroxylation is 1. The molecule has 2 aromatic heterocycles. The van der Waals surface area contributed by atoms with Crippen LogP contribution in [0.4, 0.5) is 39.9 Å². The van der Waals surface area contributed by atoms with Crippen molar-refractivity contribution in [3.63, 3.8) is 0 Å². The Hall–Kier alpha value is -5.46. The van der Waals surface area contributed by atoms with Crippen LogP contribution in [0.1, 0.15) is 53.7 Å². The molecule has 1 aliphatic carbocycles. The number of rotatable bonds is 14. The highest BCUT2D eigenvalue weighted by Crippen LogP contribution is 2.49. The van der Waals surface area contributed by atoms with Crippen molar-refractivity contribution in [2.24, 2.45) is 7.05 Å². The van der Waals surface area contributed by atoms with Gasteiger partial charge in [-0.25, -0.2) is 14.2 Å². The topological polar surface area (TPSA) is 179 Å². The summed E-state index contributed by atoms with van der Waals surface area (Å²) < 4.78 is 125. The average molecular weight is 785 g/mol. The van der Waals surface area contributed by atoms with Crippen LogP contribution >= 0.6 is 11.6 Å². The summed E-state index contributed by atoms with van der Waals surface area (Å²) in [7, 11) is 0.707. The summed E-state index contributed by atoms with van der Waals surface area (Å²) in [5, 5.41) is 24.7. The van der Waals surface area contributed by atoms with Gasteiger partial charge >= 0.3 is 36.4 Å². The quantitative estimate of drug-likeness (QED) is 0.0877. The van der Waals surface area contributed by atoms with Crippen LogP contribution in [0.2, 0.25) is 5.02 Å². The Bertz CT molecular complexity index is 1930. The molecule has 1 N–H and O–H groups in total. The second-order valence-electron chi connectivity index (χ2n) is 11.3. The van der Waals surface area contributed by atoms with E-state index in [1.165, 1.54) is 12.1 Å². The van der Waals surface area contributed by atoms with Crippen LogP contribution in [0.15, 0.2) is 30.6 Å². The van der Waals surface area contributed by atoms with Gasteiger partial charge in [0.15, 0.2) is 18.2 Å². The summed E-state index contributed by atoms with van der Waals surface area (Å²) in [5.74, 6) is -10.0. The van der Waals surface area contributed by atoms with Gasteiger partial charge in [0, 0.05) is 31.6 Å². The van der Waals surface area contributed by atoms with Crippen molar-refractivity contribution >= 4 is 35.6 Å². The van der Waals surface area contributed by atoms with Crippen LogP contribution in [0, 0.1) is 11.3 Å². The fourth-order valence-corrected chi connectivity index (χ4v) is 5.03. The molecule has 14 nitrogen and oxygen atoms in total. The lowest BCUT2D eigenvalue weighted by Gasteiger charge is -2.27. The second-order valence-corrected chi connectivity index (χ2v) is 11.7. The van der Waals surface area contributed by atoms with Gasteiger partial charge in [-0.2, -0.15) is 50.6 Å². The Kier molecular flexibility index (Phi) is 11.6. The maximum Gasteiger partial charge on any atom is 0.510 e. The zero-order valence-corrected chi connectivity index (χ0v) is 27.7. The zero-order chi connectivity index (χ0) is 39.5. The molecule has 3 aromatic rings. The molecule has 0 radical (unpaired) electrons. The Balaban J connectivity index is 1.53. The molecular weight excluding hydrogens is 760 g/mol. The highest BCUT2D eigenvalue weighted by atomic mass is 35.5. The normalized spacial score (nSPS) is 13.9. The van der Waals surface area contributed by atoms with E-state index < -0.39 is 84.8 Å². The van der Waals surface area contributed by atoms with Gasteiger partial charge in [-0.15, -0.1) is 0 Å². The van der Waals surface area contributed by atoms with Crippen molar-refractivity contribution in [2.45, 2.75) is 55.9 Å². The molecule has 1 fully saturated rings. The van der Waals surface area contributed by atoms with E-state index in [0.717, 1.165) is 23.4 Å². The number of carbonyl (C=O) groups excluding carboxylic acids is 3. The molecule has 23 heteroatoms. The van der Waals surface area contributed by atoms with E-state index in [-0.39, 0.29) is 58.5 Å². The van der Waals surface area contributed by atoms with Gasteiger partial charge < -0.3 is 19.3 Å². The number of ether oxygens (including phenoxy) is 3. The van der Waals surface area contributed by atoms with Crippen LogP contribution in [0.3, 0.4) is 0 Å². The molecule has 0 unspecified atom stereocenters. The average Bonchev–Trinajstić information content (AvgIpc) is 3.53. The lowest BCUT2D eigenvalue weighted by molar-refractivity contribution is -0.292. The predicted octanol–water partition coefficient (Wildman–Crippen LogP) is 6.01. The zero-order valence-electron chi connectivity index (χ0n) is 26.9. The number of carboxylic acid groups (broad SMARTS) is 1. The number of nitriles is 1. The van der Waals surface area contributed by atoms with E-state index in [4.69, 9.17) is 30.9 Å². The smallest absolute Gasteiger partial charge is 0.481 e. The Labute approximate surface area is 297 Å². The van der Waals surface area contributed by atoms with Crippen molar-refractivity contribution in [1.29, 1.82) is 5.26 Å². The number of esters is 1. The molecule has 4 rings (SSSR count). The molecular formula is C30H25ClF8N6O8.